The van der Waals surface area contributed by atoms with Gasteiger partial charge in [0.2, 0.25) is 0 Å². The fourth-order valence-corrected chi connectivity index (χ4v) is 1.45. The third-order valence-electron chi connectivity index (χ3n) is 2.20. The highest BCUT2D eigenvalue weighted by Crippen LogP contribution is 2.26. The minimum Gasteiger partial charge on any atom is -0.501 e. The van der Waals surface area contributed by atoms with E-state index in [1.165, 1.54) is 6.26 Å². The van der Waals surface area contributed by atoms with Crippen molar-refractivity contribution in [2.75, 3.05) is 13.2 Å². The molecule has 0 atom stereocenters. The number of rotatable bonds is 2. The molecule has 0 N–H and O–H groups in total. The lowest BCUT2D eigenvalue weighted by Crippen LogP contribution is -2.19. The van der Waals surface area contributed by atoms with Crippen LogP contribution in [-0.4, -0.2) is 19.0 Å². The number of carbonyl (C=O) groups excluding carboxylic acids is 1. The fraction of sp³-hybridized carbons (Fsp3) is 0.250. The highest BCUT2D eigenvalue weighted by atomic mass is 16.5. The van der Waals surface area contributed by atoms with E-state index in [1.54, 1.807) is 12.1 Å². The summed E-state index contributed by atoms with van der Waals surface area (Å²) in [5, 5.41) is 0. The average molecular weight is 204 g/mol. The van der Waals surface area contributed by atoms with Gasteiger partial charge in [-0.2, -0.15) is 0 Å². The number of carbonyl (C=O) groups is 1. The summed E-state index contributed by atoms with van der Waals surface area (Å²) in [5.41, 5.74) is 1.17. The molecule has 0 aromatic heterocycles. The van der Waals surface area contributed by atoms with Gasteiger partial charge in [-0.3, -0.25) is 4.79 Å². The Kier molecular flexibility index (Phi) is 2.72. The van der Waals surface area contributed by atoms with Crippen molar-refractivity contribution in [1.82, 2.24) is 0 Å². The lowest BCUT2D eigenvalue weighted by Gasteiger charge is -2.17. The molecule has 3 nitrogen and oxygen atoms in total. The summed E-state index contributed by atoms with van der Waals surface area (Å²) in [5.74, 6) is 0.640. The summed E-state index contributed by atoms with van der Waals surface area (Å²) in [6.45, 7) is 2.72. The molecule has 0 saturated carbocycles. The van der Waals surface area contributed by atoms with E-state index in [4.69, 9.17) is 9.47 Å². The van der Waals surface area contributed by atoms with Crippen LogP contribution in [0, 0.1) is 0 Å². The predicted octanol–water partition coefficient (Wildman–Crippen LogP) is 2.18. The zero-order valence-electron chi connectivity index (χ0n) is 8.53. The molecule has 0 unspecified atom stereocenters. The highest BCUT2D eigenvalue weighted by Gasteiger charge is 2.22. The van der Waals surface area contributed by atoms with E-state index < -0.39 is 0 Å². The third-order valence-corrected chi connectivity index (χ3v) is 2.20. The van der Waals surface area contributed by atoms with Crippen LogP contribution in [0.2, 0.25) is 0 Å². The first-order valence-corrected chi connectivity index (χ1v) is 4.90. The van der Waals surface area contributed by atoms with E-state index in [1.807, 2.05) is 19.1 Å². The smallest absolute Gasteiger partial charge is 0.199 e. The van der Waals surface area contributed by atoms with Crippen molar-refractivity contribution in [1.29, 1.82) is 0 Å². The van der Waals surface area contributed by atoms with E-state index in [9.17, 15) is 4.79 Å². The Morgan fingerprint density at radius 1 is 1.47 bits per heavy atom. The Hall–Kier alpha value is -1.77. The molecule has 1 heterocycles. The van der Waals surface area contributed by atoms with Crippen LogP contribution in [0.1, 0.15) is 17.3 Å². The number of para-hydroxylation sites is 1. The zero-order chi connectivity index (χ0) is 10.7. The van der Waals surface area contributed by atoms with Gasteiger partial charge < -0.3 is 9.47 Å². The van der Waals surface area contributed by atoms with E-state index in [-0.39, 0.29) is 12.4 Å². The van der Waals surface area contributed by atoms with Crippen LogP contribution in [-0.2, 0) is 4.74 Å². The number of ketones is 1. The number of hydrogen-bond acceptors (Lipinski definition) is 3. The largest absolute Gasteiger partial charge is 0.501 e. The van der Waals surface area contributed by atoms with Crippen LogP contribution in [0.25, 0.3) is 0 Å². The second kappa shape index (κ2) is 4.17. The van der Waals surface area contributed by atoms with E-state index >= 15 is 0 Å². The molecule has 15 heavy (non-hydrogen) atoms. The van der Waals surface area contributed by atoms with Crippen molar-refractivity contribution in [3.05, 3.63) is 41.7 Å². The molecule has 1 aliphatic rings. The first-order chi connectivity index (χ1) is 7.33. The van der Waals surface area contributed by atoms with Gasteiger partial charge in [-0.05, 0) is 19.1 Å². The zero-order valence-corrected chi connectivity index (χ0v) is 8.53. The van der Waals surface area contributed by atoms with Crippen LogP contribution < -0.4 is 4.74 Å². The Morgan fingerprint density at radius 3 is 3.07 bits per heavy atom. The van der Waals surface area contributed by atoms with Gasteiger partial charge >= 0.3 is 0 Å². The molecule has 0 saturated heterocycles. The van der Waals surface area contributed by atoms with Crippen LogP contribution in [0.15, 0.2) is 36.1 Å². The van der Waals surface area contributed by atoms with Crippen molar-refractivity contribution in [3.8, 4) is 5.75 Å². The van der Waals surface area contributed by atoms with Crippen molar-refractivity contribution in [3.63, 3.8) is 0 Å². The number of benzene rings is 1. The Balaban J connectivity index is 2.30. The molecular formula is C12H12O3. The summed E-state index contributed by atoms with van der Waals surface area (Å²) < 4.78 is 10.5. The molecule has 0 spiro atoms. The number of ether oxygens (including phenoxy) is 2. The van der Waals surface area contributed by atoms with E-state index in [0.717, 1.165) is 0 Å². The topological polar surface area (TPSA) is 35.5 Å². The lowest BCUT2D eigenvalue weighted by atomic mass is 10.0. The molecule has 1 aliphatic heterocycles. The van der Waals surface area contributed by atoms with Gasteiger partial charge in [-0.15, -0.1) is 0 Å². The normalized spacial score (nSPS) is 17.1. The predicted molar refractivity (Wildman–Crippen MR) is 56.0 cm³/mol. The van der Waals surface area contributed by atoms with Gasteiger partial charge in [-0.25, -0.2) is 0 Å². The van der Waals surface area contributed by atoms with Crippen LogP contribution in [0.4, 0.5) is 0 Å². The monoisotopic (exact) mass is 204 g/mol. The van der Waals surface area contributed by atoms with Crippen molar-refractivity contribution < 1.29 is 14.3 Å². The summed E-state index contributed by atoms with van der Waals surface area (Å²) in [4.78, 5) is 11.9. The molecule has 1 aromatic carbocycles. The Morgan fingerprint density at radius 2 is 2.27 bits per heavy atom. The van der Waals surface area contributed by atoms with Gasteiger partial charge in [-0.1, -0.05) is 12.1 Å². The minimum absolute atomic E-state index is 0.00898. The van der Waals surface area contributed by atoms with Gasteiger partial charge in [0, 0.05) is 0 Å². The molecule has 0 aliphatic carbocycles. The maximum absolute atomic E-state index is 11.9. The van der Waals surface area contributed by atoms with E-state index in [0.29, 0.717) is 23.5 Å². The SMILES string of the molecule is CCO/C=C1\COc2ccccc2C1=O. The lowest BCUT2D eigenvalue weighted by molar-refractivity contribution is 0.0991. The maximum Gasteiger partial charge on any atom is 0.199 e. The minimum atomic E-state index is -0.00898. The summed E-state index contributed by atoms with van der Waals surface area (Å²) in [6.07, 6.45) is 1.48. The number of fused-ring (bicyclic) bond motifs is 1. The highest BCUT2D eigenvalue weighted by molar-refractivity contribution is 6.11. The van der Waals surface area contributed by atoms with Crippen LogP contribution >= 0.6 is 0 Å². The van der Waals surface area contributed by atoms with E-state index in [2.05, 4.69) is 0 Å². The summed E-state index contributed by atoms with van der Waals surface area (Å²) in [6, 6.07) is 7.23. The first kappa shape index (κ1) is 9.77. The summed E-state index contributed by atoms with van der Waals surface area (Å²) >= 11 is 0. The molecule has 78 valence electrons. The van der Waals surface area contributed by atoms with Gasteiger partial charge in [0.25, 0.3) is 0 Å². The third kappa shape index (κ3) is 1.86. The molecule has 0 amide bonds. The second-order valence-corrected chi connectivity index (χ2v) is 3.21. The molecule has 2 rings (SSSR count). The van der Waals surface area contributed by atoms with Gasteiger partial charge in [0.15, 0.2) is 5.78 Å². The molecule has 0 fully saturated rings. The van der Waals surface area contributed by atoms with Gasteiger partial charge in [0.05, 0.1) is 24.0 Å². The van der Waals surface area contributed by atoms with Crippen LogP contribution in [0.3, 0.4) is 0 Å². The number of Topliss-reactive ketones (excluding diaryl/α,β-unsaturated/α-hetero) is 1. The number of hydrogen-bond donors (Lipinski definition) is 0. The summed E-state index contributed by atoms with van der Waals surface area (Å²) in [7, 11) is 0. The Labute approximate surface area is 88.3 Å². The molecule has 1 aromatic rings. The first-order valence-electron chi connectivity index (χ1n) is 4.90. The maximum atomic E-state index is 11.9. The molecule has 3 heteroatoms. The van der Waals surface area contributed by atoms with Crippen molar-refractivity contribution in [2.24, 2.45) is 0 Å². The van der Waals surface area contributed by atoms with Crippen molar-refractivity contribution >= 4 is 5.78 Å². The van der Waals surface area contributed by atoms with Gasteiger partial charge in [0.1, 0.15) is 12.4 Å². The molecular weight excluding hydrogens is 192 g/mol. The quantitative estimate of drug-likeness (QED) is 0.547. The molecule has 0 radical (unpaired) electrons. The molecule has 0 bridgehead atoms. The van der Waals surface area contributed by atoms with Crippen molar-refractivity contribution in [2.45, 2.75) is 6.92 Å². The van der Waals surface area contributed by atoms with Crippen LogP contribution in [0.5, 0.6) is 5.75 Å². The fourth-order valence-electron chi connectivity index (χ4n) is 1.45. The second-order valence-electron chi connectivity index (χ2n) is 3.21. The average Bonchev–Trinajstić information content (AvgIpc) is 2.29. The standard InChI is InChI=1S/C12H12O3/c1-2-14-7-9-8-15-11-6-4-3-5-10(11)12(9)13/h3-7H,2,8H2,1H3/b9-7+. The Bertz CT molecular complexity index is 407.